The summed E-state index contributed by atoms with van der Waals surface area (Å²) in [5.74, 6) is -0.421. The molecular formula is C14H14N2O4. The predicted octanol–water partition coefficient (Wildman–Crippen LogP) is 2.16. The fraction of sp³-hybridized carbons (Fsp3) is 0.214. The molecule has 20 heavy (non-hydrogen) atoms. The third-order valence-corrected chi connectivity index (χ3v) is 2.57. The van der Waals surface area contributed by atoms with E-state index in [2.05, 4.69) is 9.97 Å². The van der Waals surface area contributed by atoms with Gasteiger partial charge in [0.25, 0.3) is 0 Å². The van der Waals surface area contributed by atoms with E-state index in [1.54, 1.807) is 19.2 Å². The summed E-state index contributed by atoms with van der Waals surface area (Å²) < 4.78 is 10.5. The van der Waals surface area contributed by atoms with Crippen LogP contribution in [0.1, 0.15) is 16.1 Å². The van der Waals surface area contributed by atoms with Gasteiger partial charge in [0.05, 0.1) is 19.0 Å². The fourth-order valence-corrected chi connectivity index (χ4v) is 1.57. The molecule has 0 amide bonds. The Morgan fingerprint density at radius 2 is 2.00 bits per heavy atom. The van der Waals surface area contributed by atoms with Crippen molar-refractivity contribution in [2.75, 3.05) is 13.7 Å². The largest absolute Gasteiger partial charge is 0.476 e. The van der Waals surface area contributed by atoms with Gasteiger partial charge in [0.2, 0.25) is 5.88 Å². The highest BCUT2D eigenvalue weighted by Crippen LogP contribution is 2.19. The maximum absolute atomic E-state index is 10.8. The molecule has 2 rings (SSSR count). The molecule has 0 saturated carbocycles. The average Bonchev–Trinajstić information content (AvgIpc) is 2.47. The smallest absolute Gasteiger partial charge is 0.356 e. The summed E-state index contributed by atoms with van der Waals surface area (Å²) in [6.45, 7) is 0.659. The van der Waals surface area contributed by atoms with E-state index < -0.39 is 5.97 Å². The number of hydrogen-bond donors (Lipinski definition) is 1. The molecule has 104 valence electrons. The number of aromatic carboxylic acids is 1. The summed E-state index contributed by atoms with van der Waals surface area (Å²) in [5.41, 5.74) is 0.976. The Hall–Kier alpha value is -2.47. The molecule has 1 N–H and O–H groups in total. The van der Waals surface area contributed by atoms with Gasteiger partial charge in [0.1, 0.15) is 5.75 Å². The molecule has 1 aromatic heterocycles. The highest BCUT2D eigenvalue weighted by Gasteiger charge is 2.07. The minimum atomic E-state index is -1.14. The second-order valence-corrected chi connectivity index (χ2v) is 4.04. The number of nitrogens with zero attached hydrogens (tertiary/aromatic N) is 2. The van der Waals surface area contributed by atoms with Crippen LogP contribution in [-0.4, -0.2) is 34.8 Å². The topological polar surface area (TPSA) is 81.5 Å². The summed E-state index contributed by atoms with van der Waals surface area (Å²) in [6, 6.07) is 7.42. The lowest BCUT2D eigenvalue weighted by Crippen LogP contribution is -2.02. The Bertz CT molecular complexity index is 584. The Morgan fingerprint density at radius 1 is 1.25 bits per heavy atom. The normalized spacial score (nSPS) is 10.2. The number of aromatic nitrogens is 2. The Balaban J connectivity index is 2.06. The molecule has 0 radical (unpaired) electrons. The first kappa shape index (κ1) is 14.0. The first-order valence-corrected chi connectivity index (χ1v) is 6.00. The number of carboxylic acid groups (broad SMARTS) is 1. The van der Waals surface area contributed by atoms with E-state index >= 15 is 0 Å². The quantitative estimate of drug-likeness (QED) is 0.869. The van der Waals surface area contributed by atoms with Gasteiger partial charge in [-0.1, -0.05) is 12.1 Å². The van der Waals surface area contributed by atoms with Crippen molar-refractivity contribution in [2.24, 2.45) is 0 Å². The average molecular weight is 274 g/mol. The molecule has 6 nitrogen and oxygen atoms in total. The van der Waals surface area contributed by atoms with E-state index in [0.717, 1.165) is 12.0 Å². The molecule has 0 atom stereocenters. The summed E-state index contributed by atoms with van der Waals surface area (Å²) in [4.78, 5) is 18.4. The van der Waals surface area contributed by atoms with E-state index in [1.165, 1.54) is 12.4 Å². The zero-order valence-electron chi connectivity index (χ0n) is 10.9. The first-order chi connectivity index (χ1) is 9.69. The lowest BCUT2D eigenvalue weighted by molar-refractivity contribution is 0.0689. The molecule has 1 aromatic carbocycles. The minimum Gasteiger partial charge on any atom is -0.476 e. The second-order valence-electron chi connectivity index (χ2n) is 4.04. The van der Waals surface area contributed by atoms with Crippen LogP contribution in [0.25, 0.3) is 0 Å². The minimum absolute atomic E-state index is 0.148. The van der Waals surface area contributed by atoms with Crippen molar-refractivity contribution in [3.05, 3.63) is 47.9 Å². The maximum atomic E-state index is 10.8. The number of methoxy groups -OCH3 is 1. The molecule has 0 fully saturated rings. The lowest BCUT2D eigenvalue weighted by atomic mass is 10.1. The molecule has 0 saturated heterocycles. The van der Waals surface area contributed by atoms with Gasteiger partial charge in [0, 0.05) is 7.11 Å². The third-order valence-electron chi connectivity index (χ3n) is 2.57. The zero-order valence-corrected chi connectivity index (χ0v) is 10.9. The number of hydrogen-bond acceptors (Lipinski definition) is 5. The molecule has 0 aliphatic rings. The van der Waals surface area contributed by atoms with E-state index in [9.17, 15) is 4.79 Å². The van der Waals surface area contributed by atoms with E-state index in [1.807, 2.05) is 12.1 Å². The van der Waals surface area contributed by atoms with Crippen LogP contribution in [0.4, 0.5) is 0 Å². The molecule has 1 heterocycles. The van der Waals surface area contributed by atoms with Crippen LogP contribution in [0, 0.1) is 0 Å². The van der Waals surface area contributed by atoms with Crippen molar-refractivity contribution in [3.63, 3.8) is 0 Å². The van der Waals surface area contributed by atoms with Crippen LogP contribution in [0.15, 0.2) is 36.7 Å². The highest BCUT2D eigenvalue weighted by molar-refractivity contribution is 5.84. The number of ether oxygens (including phenoxy) is 2. The summed E-state index contributed by atoms with van der Waals surface area (Å²) in [6.07, 6.45) is 3.36. The van der Waals surface area contributed by atoms with Crippen LogP contribution < -0.4 is 4.74 Å². The van der Waals surface area contributed by atoms with Crippen LogP contribution in [0.5, 0.6) is 11.6 Å². The van der Waals surface area contributed by atoms with Gasteiger partial charge < -0.3 is 14.6 Å². The Morgan fingerprint density at radius 3 is 2.65 bits per heavy atom. The van der Waals surface area contributed by atoms with Gasteiger partial charge in [0.15, 0.2) is 5.69 Å². The second kappa shape index (κ2) is 6.63. The SMILES string of the molecule is COCCc1ccc(Oc2cncc(C(=O)O)n2)cc1. The molecule has 0 spiro atoms. The number of carbonyl (C=O) groups is 1. The van der Waals surface area contributed by atoms with E-state index in [4.69, 9.17) is 14.6 Å². The van der Waals surface area contributed by atoms with E-state index in [0.29, 0.717) is 12.4 Å². The van der Waals surface area contributed by atoms with Crippen molar-refractivity contribution in [1.29, 1.82) is 0 Å². The van der Waals surface area contributed by atoms with Gasteiger partial charge in [-0.2, -0.15) is 0 Å². The molecule has 6 heteroatoms. The van der Waals surface area contributed by atoms with Crippen LogP contribution in [0.3, 0.4) is 0 Å². The molecule has 2 aromatic rings. The van der Waals surface area contributed by atoms with Crippen LogP contribution >= 0.6 is 0 Å². The Labute approximate surface area is 116 Å². The Kier molecular flexibility index (Phi) is 4.62. The van der Waals surface area contributed by atoms with Crippen molar-refractivity contribution in [3.8, 4) is 11.6 Å². The van der Waals surface area contributed by atoms with Crippen molar-refractivity contribution < 1.29 is 19.4 Å². The molecule has 0 unspecified atom stereocenters. The third kappa shape index (κ3) is 3.76. The summed E-state index contributed by atoms with van der Waals surface area (Å²) in [7, 11) is 1.66. The lowest BCUT2D eigenvalue weighted by Gasteiger charge is -2.06. The summed E-state index contributed by atoms with van der Waals surface area (Å²) >= 11 is 0. The standard InChI is InChI=1S/C14H14N2O4/c1-19-7-6-10-2-4-11(5-3-10)20-13-9-15-8-12(16-13)14(17)18/h2-5,8-9H,6-7H2,1H3,(H,17,18). The highest BCUT2D eigenvalue weighted by atomic mass is 16.5. The van der Waals surface area contributed by atoms with Gasteiger partial charge in [-0.15, -0.1) is 0 Å². The number of rotatable bonds is 6. The summed E-state index contributed by atoms with van der Waals surface area (Å²) in [5, 5.41) is 8.82. The van der Waals surface area contributed by atoms with Gasteiger partial charge in [-0.05, 0) is 24.1 Å². The zero-order chi connectivity index (χ0) is 14.4. The van der Waals surface area contributed by atoms with Crippen molar-refractivity contribution in [1.82, 2.24) is 9.97 Å². The molecule has 0 aliphatic heterocycles. The van der Waals surface area contributed by atoms with Gasteiger partial charge in [-0.25, -0.2) is 9.78 Å². The van der Waals surface area contributed by atoms with Crippen molar-refractivity contribution >= 4 is 5.97 Å². The number of benzene rings is 1. The molecule has 0 aliphatic carbocycles. The monoisotopic (exact) mass is 274 g/mol. The van der Waals surface area contributed by atoms with Crippen LogP contribution in [-0.2, 0) is 11.2 Å². The molecule has 0 bridgehead atoms. The van der Waals surface area contributed by atoms with E-state index in [-0.39, 0.29) is 11.6 Å². The van der Waals surface area contributed by atoms with Crippen molar-refractivity contribution in [2.45, 2.75) is 6.42 Å². The van der Waals surface area contributed by atoms with Gasteiger partial charge in [-0.3, -0.25) is 4.98 Å². The predicted molar refractivity (Wildman–Crippen MR) is 71.1 cm³/mol. The number of carboxylic acids is 1. The molecular weight excluding hydrogens is 260 g/mol. The van der Waals surface area contributed by atoms with Gasteiger partial charge >= 0.3 is 5.97 Å². The van der Waals surface area contributed by atoms with Crippen LogP contribution in [0.2, 0.25) is 0 Å². The first-order valence-electron chi connectivity index (χ1n) is 6.00. The fourth-order valence-electron chi connectivity index (χ4n) is 1.57. The maximum Gasteiger partial charge on any atom is 0.356 e.